The average molecular weight is 165 g/mol. The van der Waals surface area contributed by atoms with Gasteiger partial charge in [0.05, 0.1) is 7.11 Å². The van der Waals surface area contributed by atoms with Gasteiger partial charge in [-0.25, -0.2) is 0 Å². The summed E-state index contributed by atoms with van der Waals surface area (Å²) in [5.74, 6) is 0.907. The highest BCUT2D eigenvalue weighted by Gasteiger charge is 2.01. The fraction of sp³-hybridized carbons (Fsp3) is 0.400. The lowest BCUT2D eigenvalue weighted by atomic mass is 10.2. The zero-order chi connectivity index (χ0) is 9.14. The second-order valence-electron chi connectivity index (χ2n) is 3.05. The molecule has 66 valence electrons. The van der Waals surface area contributed by atoms with Crippen LogP contribution in [0.5, 0.6) is 5.75 Å². The summed E-state index contributed by atoms with van der Waals surface area (Å²) < 4.78 is 5.13. The number of rotatable bonds is 2. The van der Waals surface area contributed by atoms with Crippen molar-refractivity contribution >= 4 is 5.69 Å². The van der Waals surface area contributed by atoms with E-state index < -0.39 is 0 Å². The molecule has 0 amide bonds. The van der Waals surface area contributed by atoms with E-state index in [9.17, 15) is 0 Å². The smallest absolute Gasteiger partial charge is 0.120 e. The van der Waals surface area contributed by atoms with E-state index in [2.05, 4.69) is 17.9 Å². The predicted octanol–water partition coefficient (Wildman–Crippen LogP) is 2.07. The molecular formula is C10H15NO. The summed E-state index contributed by atoms with van der Waals surface area (Å²) in [6.07, 6.45) is 0. The van der Waals surface area contributed by atoms with Gasteiger partial charge in [0.1, 0.15) is 5.75 Å². The maximum Gasteiger partial charge on any atom is 0.120 e. The van der Waals surface area contributed by atoms with Gasteiger partial charge in [-0.3, -0.25) is 0 Å². The van der Waals surface area contributed by atoms with E-state index >= 15 is 0 Å². The van der Waals surface area contributed by atoms with Crippen molar-refractivity contribution in [2.24, 2.45) is 0 Å². The van der Waals surface area contributed by atoms with Crippen molar-refractivity contribution in [2.45, 2.75) is 6.92 Å². The Morgan fingerprint density at radius 2 is 1.92 bits per heavy atom. The molecule has 0 unspecified atom stereocenters. The van der Waals surface area contributed by atoms with Gasteiger partial charge in [0.15, 0.2) is 0 Å². The van der Waals surface area contributed by atoms with Crippen molar-refractivity contribution in [3.05, 3.63) is 23.8 Å². The van der Waals surface area contributed by atoms with Crippen LogP contribution in [-0.2, 0) is 0 Å². The van der Waals surface area contributed by atoms with Crippen LogP contribution in [0.4, 0.5) is 5.69 Å². The number of hydrogen-bond acceptors (Lipinski definition) is 2. The second-order valence-corrected chi connectivity index (χ2v) is 3.05. The Morgan fingerprint density at radius 1 is 1.25 bits per heavy atom. The number of methoxy groups -OCH3 is 1. The van der Waals surface area contributed by atoms with Crippen molar-refractivity contribution in [3.8, 4) is 5.75 Å². The fourth-order valence-electron chi connectivity index (χ4n) is 1.20. The van der Waals surface area contributed by atoms with Crippen LogP contribution in [-0.4, -0.2) is 21.2 Å². The number of aryl methyl sites for hydroxylation is 1. The van der Waals surface area contributed by atoms with Crippen LogP contribution in [0.25, 0.3) is 0 Å². The van der Waals surface area contributed by atoms with Crippen molar-refractivity contribution < 1.29 is 4.74 Å². The van der Waals surface area contributed by atoms with Gasteiger partial charge in [-0.2, -0.15) is 0 Å². The average Bonchev–Trinajstić information content (AvgIpc) is 2.05. The highest BCUT2D eigenvalue weighted by molar-refractivity contribution is 5.55. The molecule has 0 bridgehead atoms. The molecule has 0 saturated carbocycles. The van der Waals surface area contributed by atoms with Gasteiger partial charge in [-0.05, 0) is 18.6 Å². The normalized spacial score (nSPS) is 9.67. The zero-order valence-electron chi connectivity index (χ0n) is 8.09. The molecule has 2 heteroatoms. The van der Waals surface area contributed by atoms with Crippen LogP contribution in [0, 0.1) is 6.92 Å². The van der Waals surface area contributed by atoms with E-state index in [1.807, 2.05) is 26.2 Å². The van der Waals surface area contributed by atoms with Gasteiger partial charge < -0.3 is 9.64 Å². The molecule has 0 spiro atoms. The monoisotopic (exact) mass is 165 g/mol. The first kappa shape index (κ1) is 8.91. The van der Waals surface area contributed by atoms with Crippen LogP contribution in [0.2, 0.25) is 0 Å². The molecule has 0 atom stereocenters. The summed E-state index contributed by atoms with van der Waals surface area (Å²) in [6, 6.07) is 6.08. The summed E-state index contributed by atoms with van der Waals surface area (Å²) in [4.78, 5) is 2.08. The molecule has 0 saturated heterocycles. The molecule has 0 radical (unpaired) electrons. The third-order valence-corrected chi connectivity index (χ3v) is 1.90. The lowest BCUT2D eigenvalue weighted by molar-refractivity contribution is 0.415. The number of hydrogen-bond donors (Lipinski definition) is 0. The van der Waals surface area contributed by atoms with E-state index in [1.54, 1.807) is 7.11 Å². The number of benzene rings is 1. The van der Waals surface area contributed by atoms with Gasteiger partial charge in [-0.15, -0.1) is 0 Å². The molecule has 0 aliphatic heterocycles. The molecule has 0 aliphatic carbocycles. The van der Waals surface area contributed by atoms with Crippen LogP contribution >= 0.6 is 0 Å². The minimum Gasteiger partial charge on any atom is -0.497 e. The third-order valence-electron chi connectivity index (χ3n) is 1.90. The van der Waals surface area contributed by atoms with Gasteiger partial charge in [0.25, 0.3) is 0 Å². The van der Waals surface area contributed by atoms with E-state index in [0.29, 0.717) is 0 Å². The van der Waals surface area contributed by atoms with E-state index in [-0.39, 0.29) is 0 Å². The Balaban J connectivity index is 3.08. The molecule has 1 aromatic carbocycles. The van der Waals surface area contributed by atoms with Crippen molar-refractivity contribution in [2.75, 3.05) is 26.1 Å². The molecule has 0 aromatic heterocycles. The Kier molecular flexibility index (Phi) is 2.58. The molecule has 1 aromatic rings. The minimum atomic E-state index is 0.907. The van der Waals surface area contributed by atoms with Crippen LogP contribution in [0.3, 0.4) is 0 Å². The van der Waals surface area contributed by atoms with Gasteiger partial charge >= 0.3 is 0 Å². The summed E-state index contributed by atoms with van der Waals surface area (Å²) in [5, 5.41) is 0. The Bertz CT molecular complexity index is 269. The maximum absolute atomic E-state index is 5.13. The first-order chi connectivity index (χ1) is 5.65. The fourth-order valence-corrected chi connectivity index (χ4v) is 1.20. The maximum atomic E-state index is 5.13. The van der Waals surface area contributed by atoms with Crippen LogP contribution < -0.4 is 9.64 Å². The molecule has 0 heterocycles. The lowest BCUT2D eigenvalue weighted by Gasteiger charge is -2.16. The highest BCUT2D eigenvalue weighted by atomic mass is 16.5. The van der Waals surface area contributed by atoms with Gasteiger partial charge in [0, 0.05) is 25.8 Å². The van der Waals surface area contributed by atoms with E-state index in [4.69, 9.17) is 4.74 Å². The minimum absolute atomic E-state index is 0.907. The molecule has 0 fully saturated rings. The van der Waals surface area contributed by atoms with Crippen molar-refractivity contribution in [3.63, 3.8) is 0 Å². The first-order valence-corrected chi connectivity index (χ1v) is 3.97. The lowest BCUT2D eigenvalue weighted by Crippen LogP contribution is -2.10. The molecule has 0 aliphatic rings. The largest absolute Gasteiger partial charge is 0.497 e. The van der Waals surface area contributed by atoms with Gasteiger partial charge in [0.2, 0.25) is 0 Å². The van der Waals surface area contributed by atoms with Crippen LogP contribution in [0.1, 0.15) is 5.56 Å². The number of nitrogens with zero attached hydrogens (tertiary/aromatic N) is 1. The molecular weight excluding hydrogens is 150 g/mol. The molecule has 2 nitrogen and oxygen atoms in total. The summed E-state index contributed by atoms with van der Waals surface area (Å²) >= 11 is 0. The Hall–Kier alpha value is -1.18. The number of anilines is 1. The van der Waals surface area contributed by atoms with E-state index in [0.717, 1.165) is 5.75 Å². The Morgan fingerprint density at radius 3 is 2.42 bits per heavy atom. The Labute approximate surface area is 73.8 Å². The van der Waals surface area contributed by atoms with Crippen molar-refractivity contribution in [1.82, 2.24) is 0 Å². The summed E-state index contributed by atoms with van der Waals surface area (Å²) in [6.45, 7) is 2.09. The number of ether oxygens (including phenoxy) is 1. The SMILES string of the molecule is COc1ccc(C)c(N(C)C)c1. The second kappa shape index (κ2) is 3.48. The zero-order valence-corrected chi connectivity index (χ0v) is 8.09. The molecule has 0 N–H and O–H groups in total. The van der Waals surface area contributed by atoms with Gasteiger partial charge in [-0.1, -0.05) is 6.07 Å². The van der Waals surface area contributed by atoms with Crippen molar-refractivity contribution in [1.29, 1.82) is 0 Å². The molecule has 12 heavy (non-hydrogen) atoms. The van der Waals surface area contributed by atoms with E-state index in [1.165, 1.54) is 11.3 Å². The molecule has 1 rings (SSSR count). The van der Waals surface area contributed by atoms with Crippen LogP contribution in [0.15, 0.2) is 18.2 Å². The quantitative estimate of drug-likeness (QED) is 0.665. The summed E-state index contributed by atoms with van der Waals surface area (Å²) in [5.41, 5.74) is 2.47. The predicted molar refractivity (Wildman–Crippen MR) is 52.1 cm³/mol. The summed E-state index contributed by atoms with van der Waals surface area (Å²) in [7, 11) is 5.74. The topological polar surface area (TPSA) is 12.5 Å². The highest BCUT2D eigenvalue weighted by Crippen LogP contribution is 2.23. The standard InChI is InChI=1S/C10H15NO/c1-8-5-6-9(12-4)7-10(8)11(2)3/h5-7H,1-4H3. The third kappa shape index (κ3) is 1.70. The first-order valence-electron chi connectivity index (χ1n) is 3.97.